The summed E-state index contributed by atoms with van der Waals surface area (Å²) in [6.07, 6.45) is 11.1. The second-order valence-electron chi connectivity index (χ2n) is 7.84. The quantitative estimate of drug-likeness (QED) is 0.392. The van der Waals surface area contributed by atoms with Crippen LogP contribution in [0, 0.1) is 0 Å². The van der Waals surface area contributed by atoms with Gasteiger partial charge in [-0.05, 0) is 80.2 Å². The highest BCUT2D eigenvalue weighted by Crippen LogP contribution is 2.33. The molecular formula is C27H26ClN3. The first kappa shape index (κ1) is 21.2. The topological polar surface area (TPSA) is 38.7 Å². The standard InChI is InChI=1S/C27H26ClN3/c1-4-22(28)15-13-18(2)20-14-12-19(3)23(16-20)25-10-7-11-26(30-25)27-29-17-21-8-5-6-9-24(21)31-27/h5-11,13,15-17H,4,12,14H2,1-3H3/b18-13+,22-15+. The molecule has 4 rings (SSSR count). The van der Waals surface area contributed by atoms with Gasteiger partial charge in [0, 0.05) is 16.6 Å². The maximum absolute atomic E-state index is 6.17. The van der Waals surface area contributed by atoms with Crippen LogP contribution >= 0.6 is 11.6 Å². The average molecular weight is 428 g/mol. The summed E-state index contributed by atoms with van der Waals surface area (Å²) in [7, 11) is 0. The van der Waals surface area contributed by atoms with Crippen LogP contribution < -0.4 is 0 Å². The number of fused-ring (bicyclic) bond motifs is 1. The Hall–Kier alpha value is -3.04. The monoisotopic (exact) mass is 427 g/mol. The number of hydrogen-bond donors (Lipinski definition) is 0. The summed E-state index contributed by atoms with van der Waals surface area (Å²) in [5, 5.41) is 1.90. The number of hydrogen-bond acceptors (Lipinski definition) is 3. The Morgan fingerprint density at radius 1 is 1.00 bits per heavy atom. The van der Waals surface area contributed by atoms with Gasteiger partial charge in [-0.25, -0.2) is 15.0 Å². The minimum atomic E-state index is 0.647. The van der Waals surface area contributed by atoms with E-state index in [-0.39, 0.29) is 0 Å². The number of aromatic nitrogens is 3. The first-order chi connectivity index (χ1) is 15.0. The van der Waals surface area contributed by atoms with Crippen LogP contribution in [0.3, 0.4) is 0 Å². The van der Waals surface area contributed by atoms with Crippen molar-refractivity contribution < 1.29 is 0 Å². The second-order valence-corrected chi connectivity index (χ2v) is 8.33. The van der Waals surface area contributed by atoms with E-state index in [0.29, 0.717) is 5.82 Å². The summed E-state index contributed by atoms with van der Waals surface area (Å²) >= 11 is 6.17. The molecular weight excluding hydrogens is 402 g/mol. The van der Waals surface area contributed by atoms with Crippen LogP contribution in [0.25, 0.3) is 28.0 Å². The number of pyridine rings is 1. The van der Waals surface area contributed by atoms with E-state index >= 15 is 0 Å². The third-order valence-electron chi connectivity index (χ3n) is 5.65. The molecule has 1 aliphatic carbocycles. The van der Waals surface area contributed by atoms with Crippen molar-refractivity contribution >= 4 is 28.1 Å². The highest BCUT2D eigenvalue weighted by Gasteiger charge is 2.15. The van der Waals surface area contributed by atoms with Gasteiger partial charge in [0.1, 0.15) is 5.69 Å². The van der Waals surface area contributed by atoms with E-state index in [4.69, 9.17) is 21.6 Å². The summed E-state index contributed by atoms with van der Waals surface area (Å²) < 4.78 is 0. The molecule has 0 radical (unpaired) electrons. The van der Waals surface area contributed by atoms with Crippen LogP contribution in [-0.2, 0) is 0 Å². The molecule has 0 saturated carbocycles. The van der Waals surface area contributed by atoms with Gasteiger partial charge in [0.05, 0.1) is 11.2 Å². The van der Waals surface area contributed by atoms with Crippen molar-refractivity contribution in [1.29, 1.82) is 0 Å². The van der Waals surface area contributed by atoms with Gasteiger partial charge in [-0.15, -0.1) is 0 Å². The highest BCUT2D eigenvalue weighted by molar-refractivity contribution is 6.29. The molecule has 0 aliphatic heterocycles. The summed E-state index contributed by atoms with van der Waals surface area (Å²) in [4.78, 5) is 14.2. The largest absolute Gasteiger partial charge is 0.244 e. The van der Waals surface area contributed by atoms with Gasteiger partial charge in [0.2, 0.25) is 0 Å². The highest BCUT2D eigenvalue weighted by atomic mass is 35.5. The Morgan fingerprint density at radius 3 is 2.65 bits per heavy atom. The van der Waals surface area contributed by atoms with Crippen molar-refractivity contribution in [3.63, 3.8) is 0 Å². The fourth-order valence-electron chi connectivity index (χ4n) is 3.68. The third-order valence-corrected chi connectivity index (χ3v) is 6.04. The molecule has 0 unspecified atom stereocenters. The molecule has 0 fully saturated rings. The molecule has 3 aromatic rings. The molecule has 0 N–H and O–H groups in total. The molecule has 31 heavy (non-hydrogen) atoms. The number of para-hydroxylation sites is 1. The molecule has 0 amide bonds. The zero-order valence-corrected chi connectivity index (χ0v) is 18.9. The molecule has 0 atom stereocenters. The molecule has 0 bridgehead atoms. The van der Waals surface area contributed by atoms with Crippen LogP contribution in [0.1, 0.15) is 45.7 Å². The third kappa shape index (κ3) is 4.83. The number of halogens is 1. The van der Waals surface area contributed by atoms with Crippen LogP contribution in [0.5, 0.6) is 0 Å². The van der Waals surface area contributed by atoms with Gasteiger partial charge >= 0.3 is 0 Å². The summed E-state index contributed by atoms with van der Waals surface area (Å²) in [6.45, 7) is 6.40. The Balaban J connectivity index is 1.69. The Morgan fingerprint density at radius 2 is 1.81 bits per heavy atom. The minimum absolute atomic E-state index is 0.647. The van der Waals surface area contributed by atoms with Crippen molar-refractivity contribution in [2.24, 2.45) is 0 Å². The summed E-state index contributed by atoms with van der Waals surface area (Å²) in [6, 6.07) is 14.1. The zero-order valence-electron chi connectivity index (χ0n) is 18.2. The van der Waals surface area contributed by atoms with Gasteiger partial charge in [-0.2, -0.15) is 0 Å². The van der Waals surface area contributed by atoms with E-state index in [0.717, 1.165) is 46.6 Å². The van der Waals surface area contributed by atoms with Gasteiger partial charge in [-0.1, -0.05) is 54.4 Å². The van der Waals surface area contributed by atoms with E-state index in [1.54, 1.807) is 0 Å². The molecule has 0 saturated heterocycles. The number of nitrogens with zero attached hydrogens (tertiary/aromatic N) is 3. The van der Waals surface area contributed by atoms with E-state index in [9.17, 15) is 0 Å². The normalized spacial score (nSPS) is 15.4. The van der Waals surface area contributed by atoms with Crippen molar-refractivity contribution in [1.82, 2.24) is 15.0 Å². The van der Waals surface area contributed by atoms with Crippen molar-refractivity contribution in [3.8, 4) is 11.5 Å². The van der Waals surface area contributed by atoms with Crippen LogP contribution in [-0.4, -0.2) is 15.0 Å². The van der Waals surface area contributed by atoms with Crippen LogP contribution in [0.15, 0.2) is 88.6 Å². The van der Waals surface area contributed by atoms with E-state index in [1.807, 2.05) is 48.7 Å². The number of rotatable bonds is 5. The predicted molar refractivity (Wildman–Crippen MR) is 131 cm³/mol. The molecule has 4 heteroatoms. The molecule has 0 spiro atoms. The lowest BCUT2D eigenvalue weighted by molar-refractivity contribution is 0.915. The SMILES string of the molecule is CC/C(Cl)=C\C=C(/C)C1=CC(c2cccc(-c3ncc4ccccc4n3)n2)=C(C)CC1. The lowest BCUT2D eigenvalue weighted by atomic mass is 9.88. The smallest absolute Gasteiger partial charge is 0.178 e. The minimum Gasteiger partial charge on any atom is -0.244 e. The van der Waals surface area contributed by atoms with Gasteiger partial charge in [0.25, 0.3) is 0 Å². The number of benzene rings is 1. The molecule has 1 aromatic carbocycles. The Labute approximate surface area is 188 Å². The summed E-state index contributed by atoms with van der Waals surface area (Å²) in [5.41, 5.74) is 7.77. The van der Waals surface area contributed by atoms with Crippen LogP contribution in [0.2, 0.25) is 0 Å². The number of allylic oxidation sites excluding steroid dienone is 8. The average Bonchev–Trinajstić information content (AvgIpc) is 2.82. The van der Waals surface area contributed by atoms with Crippen molar-refractivity contribution in [2.75, 3.05) is 0 Å². The molecule has 1 aliphatic rings. The van der Waals surface area contributed by atoms with Gasteiger partial charge in [-0.3, -0.25) is 0 Å². The maximum atomic E-state index is 6.17. The van der Waals surface area contributed by atoms with Crippen molar-refractivity contribution in [3.05, 3.63) is 94.3 Å². The second kappa shape index (κ2) is 9.40. The predicted octanol–water partition coefficient (Wildman–Crippen LogP) is 7.66. The molecule has 3 nitrogen and oxygen atoms in total. The Bertz CT molecular complexity index is 1250. The lowest BCUT2D eigenvalue weighted by Gasteiger charge is -2.19. The van der Waals surface area contributed by atoms with Crippen LogP contribution in [0.4, 0.5) is 0 Å². The van der Waals surface area contributed by atoms with E-state index in [1.165, 1.54) is 22.3 Å². The first-order valence-corrected chi connectivity index (χ1v) is 11.1. The zero-order chi connectivity index (χ0) is 21.8. The van der Waals surface area contributed by atoms with Gasteiger partial charge in [0.15, 0.2) is 5.82 Å². The fourth-order valence-corrected chi connectivity index (χ4v) is 3.74. The van der Waals surface area contributed by atoms with Crippen molar-refractivity contribution in [2.45, 2.75) is 40.0 Å². The van der Waals surface area contributed by atoms with Gasteiger partial charge < -0.3 is 0 Å². The molecule has 2 aromatic heterocycles. The van der Waals surface area contributed by atoms with E-state index < -0.39 is 0 Å². The fraction of sp³-hybridized carbons (Fsp3) is 0.222. The van der Waals surface area contributed by atoms with E-state index in [2.05, 4.69) is 44.0 Å². The first-order valence-electron chi connectivity index (χ1n) is 10.7. The summed E-state index contributed by atoms with van der Waals surface area (Å²) in [5.74, 6) is 0.647. The Kier molecular flexibility index (Phi) is 6.43. The lowest BCUT2D eigenvalue weighted by Crippen LogP contribution is -2.01. The molecule has 156 valence electrons. The molecule has 2 heterocycles. The maximum Gasteiger partial charge on any atom is 0.178 e.